The maximum Gasteiger partial charge on any atom is 0.242 e. The van der Waals surface area contributed by atoms with Crippen molar-refractivity contribution in [2.24, 2.45) is 0 Å². The number of rotatable bonds is 7. The Morgan fingerprint density at radius 2 is 2.30 bits per heavy atom. The molecule has 20 heavy (non-hydrogen) atoms. The molecule has 0 aliphatic carbocycles. The van der Waals surface area contributed by atoms with Crippen LogP contribution in [0.2, 0.25) is 0 Å². The van der Waals surface area contributed by atoms with Gasteiger partial charge in [-0.25, -0.2) is 18.1 Å². The van der Waals surface area contributed by atoms with Crippen molar-refractivity contribution in [2.75, 3.05) is 6.54 Å². The number of aliphatic hydroxyl groups is 1. The number of halogens is 1. The molecule has 0 atom stereocenters. The second kappa shape index (κ2) is 6.81. The molecule has 3 N–H and O–H groups in total. The molecule has 0 aliphatic rings. The Kier molecular flexibility index (Phi) is 5.33. The molecule has 2 heterocycles. The number of sulfonamides is 1. The summed E-state index contributed by atoms with van der Waals surface area (Å²) in [6, 6.07) is 1.48. The zero-order chi connectivity index (χ0) is 14.6. The summed E-state index contributed by atoms with van der Waals surface area (Å²) in [5.74, 6) is 0.837. The molecule has 0 saturated carbocycles. The molecule has 2 rings (SSSR count). The number of hydrogen-bond donors (Lipinski definition) is 3. The van der Waals surface area contributed by atoms with Crippen LogP contribution in [0.25, 0.3) is 0 Å². The Morgan fingerprint density at radius 3 is 2.90 bits per heavy atom. The van der Waals surface area contributed by atoms with E-state index < -0.39 is 10.0 Å². The Labute approximate surface area is 129 Å². The maximum atomic E-state index is 12.1. The van der Waals surface area contributed by atoms with Gasteiger partial charge in [-0.2, -0.15) is 0 Å². The number of aryl methyl sites for hydroxylation is 1. The number of H-pyrrole nitrogens is 1. The molecule has 0 spiro atoms. The topological polar surface area (TPSA) is 95.1 Å². The summed E-state index contributed by atoms with van der Waals surface area (Å²) in [4.78, 5) is 7.81. The average molecular weight is 380 g/mol. The second-order valence-corrected chi connectivity index (χ2v) is 8.24. The van der Waals surface area contributed by atoms with Gasteiger partial charge in [0.25, 0.3) is 0 Å². The van der Waals surface area contributed by atoms with Gasteiger partial charge in [-0.15, -0.1) is 11.3 Å². The van der Waals surface area contributed by atoms with Crippen molar-refractivity contribution in [1.82, 2.24) is 14.7 Å². The number of nitrogens with zero attached hydrogens (tertiary/aromatic N) is 1. The lowest BCUT2D eigenvalue weighted by atomic mass is 10.3. The summed E-state index contributed by atoms with van der Waals surface area (Å²) in [7, 11) is -3.55. The highest BCUT2D eigenvalue weighted by Gasteiger charge is 2.20. The van der Waals surface area contributed by atoms with Crippen LogP contribution in [0.1, 0.15) is 17.1 Å². The summed E-state index contributed by atoms with van der Waals surface area (Å²) in [6.45, 7) is 0.164. The smallest absolute Gasteiger partial charge is 0.242 e. The van der Waals surface area contributed by atoms with Crippen LogP contribution in [-0.4, -0.2) is 30.0 Å². The van der Waals surface area contributed by atoms with E-state index in [9.17, 15) is 8.42 Å². The highest BCUT2D eigenvalue weighted by molar-refractivity contribution is 9.11. The summed E-state index contributed by atoms with van der Waals surface area (Å²) in [5, 5.41) is 9.02. The third kappa shape index (κ3) is 3.89. The first kappa shape index (κ1) is 15.6. The minimum Gasteiger partial charge on any atom is -0.391 e. The lowest BCUT2D eigenvalue weighted by Gasteiger charge is -2.05. The van der Waals surface area contributed by atoms with Crippen LogP contribution in [-0.2, 0) is 23.1 Å². The number of thiophene rings is 1. The van der Waals surface area contributed by atoms with E-state index in [2.05, 4.69) is 30.6 Å². The van der Waals surface area contributed by atoms with E-state index in [-0.39, 0.29) is 11.5 Å². The van der Waals surface area contributed by atoms with Gasteiger partial charge >= 0.3 is 0 Å². The maximum absolute atomic E-state index is 12.1. The monoisotopic (exact) mass is 379 g/mol. The largest absolute Gasteiger partial charge is 0.391 e. The van der Waals surface area contributed by atoms with Gasteiger partial charge in [-0.3, -0.25) is 0 Å². The van der Waals surface area contributed by atoms with Crippen molar-refractivity contribution < 1.29 is 13.5 Å². The molecule has 0 unspecified atom stereocenters. The van der Waals surface area contributed by atoms with Gasteiger partial charge < -0.3 is 10.1 Å². The SMILES string of the molecule is O=S(=O)(NCCCc1ncc[nH]1)c1cc(CO)sc1Br. The quantitative estimate of drug-likeness (QED) is 0.637. The molecule has 0 radical (unpaired) electrons. The van der Waals surface area contributed by atoms with Crippen molar-refractivity contribution in [2.45, 2.75) is 24.3 Å². The number of aliphatic hydroxyl groups excluding tert-OH is 1. The van der Waals surface area contributed by atoms with Crippen LogP contribution in [0.4, 0.5) is 0 Å². The predicted octanol–water partition coefficient (Wildman–Crippen LogP) is 1.64. The Bertz CT molecular complexity index is 653. The summed E-state index contributed by atoms with van der Waals surface area (Å²) >= 11 is 4.42. The van der Waals surface area contributed by atoms with Gasteiger partial charge in [0.2, 0.25) is 10.0 Å². The van der Waals surface area contributed by atoms with Gasteiger partial charge in [0, 0.05) is 30.2 Å². The normalized spacial score (nSPS) is 11.9. The first-order valence-corrected chi connectivity index (χ1v) is 8.99. The van der Waals surface area contributed by atoms with Crippen molar-refractivity contribution in [3.05, 3.63) is 32.9 Å². The van der Waals surface area contributed by atoms with E-state index in [0.29, 0.717) is 28.0 Å². The van der Waals surface area contributed by atoms with E-state index in [1.165, 1.54) is 17.4 Å². The molecule has 110 valence electrons. The predicted molar refractivity (Wildman–Crippen MR) is 80.0 cm³/mol. The molecule has 2 aromatic heterocycles. The minimum atomic E-state index is -3.55. The fraction of sp³-hybridized carbons (Fsp3) is 0.364. The molecule has 0 saturated heterocycles. The third-order valence-electron chi connectivity index (χ3n) is 2.59. The van der Waals surface area contributed by atoms with Gasteiger partial charge in [0.1, 0.15) is 10.7 Å². The van der Waals surface area contributed by atoms with Crippen LogP contribution in [0.5, 0.6) is 0 Å². The number of hydrogen-bond acceptors (Lipinski definition) is 5. The molecular formula is C11H14BrN3O3S2. The molecular weight excluding hydrogens is 366 g/mol. The van der Waals surface area contributed by atoms with Crippen LogP contribution >= 0.6 is 27.3 Å². The van der Waals surface area contributed by atoms with Crippen molar-refractivity contribution >= 4 is 37.3 Å². The lowest BCUT2D eigenvalue weighted by Crippen LogP contribution is -2.25. The fourth-order valence-corrected chi connectivity index (χ4v) is 5.25. The van der Waals surface area contributed by atoms with Crippen molar-refractivity contribution in [3.63, 3.8) is 0 Å². The van der Waals surface area contributed by atoms with Crippen molar-refractivity contribution in [1.29, 1.82) is 0 Å². The second-order valence-electron chi connectivity index (χ2n) is 4.05. The zero-order valence-electron chi connectivity index (χ0n) is 10.5. The Hall–Kier alpha value is -0.740. The number of imidazole rings is 1. The van der Waals surface area contributed by atoms with Crippen LogP contribution in [0, 0.1) is 0 Å². The molecule has 0 fully saturated rings. The number of aromatic nitrogens is 2. The van der Waals surface area contributed by atoms with Crippen LogP contribution in [0.15, 0.2) is 27.1 Å². The molecule has 9 heteroatoms. The van der Waals surface area contributed by atoms with Gasteiger partial charge in [-0.1, -0.05) is 0 Å². The van der Waals surface area contributed by atoms with Crippen LogP contribution in [0.3, 0.4) is 0 Å². The van der Waals surface area contributed by atoms with E-state index >= 15 is 0 Å². The highest BCUT2D eigenvalue weighted by Crippen LogP contribution is 2.31. The molecule has 0 bridgehead atoms. The molecule has 0 aliphatic heterocycles. The number of aromatic amines is 1. The van der Waals surface area contributed by atoms with E-state index in [1.54, 1.807) is 12.4 Å². The van der Waals surface area contributed by atoms with Gasteiger partial charge in [0.15, 0.2) is 0 Å². The summed E-state index contributed by atoms with van der Waals surface area (Å²) in [5.41, 5.74) is 0. The first-order chi connectivity index (χ1) is 9.53. The molecule has 0 aromatic carbocycles. The Balaban J connectivity index is 1.91. The highest BCUT2D eigenvalue weighted by atomic mass is 79.9. The lowest BCUT2D eigenvalue weighted by molar-refractivity contribution is 0.285. The minimum absolute atomic E-state index is 0.169. The van der Waals surface area contributed by atoms with Crippen LogP contribution < -0.4 is 4.72 Å². The molecule has 2 aromatic rings. The van der Waals surface area contributed by atoms with Crippen molar-refractivity contribution in [3.8, 4) is 0 Å². The summed E-state index contributed by atoms with van der Waals surface area (Å²) < 4.78 is 27.2. The average Bonchev–Trinajstić information content (AvgIpc) is 3.04. The van der Waals surface area contributed by atoms with E-state index in [4.69, 9.17) is 5.11 Å². The fourth-order valence-electron chi connectivity index (χ4n) is 1.63. The van der Waals surface area contributed by atoms with E-state index in [0.717, 1.165) is 5.82 Å². The van der Waals surface area contributed by atoms with E-state index in [1.807, 2.05) is 0 Å². The third-order valence-corrected chi connectivity index (χ3v) is 6.29. The Morgan fingerprint density at radius 1 is 1.50 bits per heavy atom. The molecule has 0 amide bonds. The zero-order valence-corrected chi connectivity index (χ0v) is 13.7. The van der Waals surface area contributed by atoms with Gasteiger partial charge in [-0.05, 0) is 28.4 Å². The standard InChI is InChI=1S/C11H14BrN3O3S2/c12-11-9(6-8(7-16)19-11)20(17,18)15-3-1-2-10-13-4-5-14-10/h4-6,15-16H,1-3,7H2,(H,13,14). The molecule has 6 nitrogen and oxygen atoms in total. The first-order valence-electron chi connectivity index (χ1n) is 5.90. The summed E-state index contributed by atoms with van der Waals surface area (Å²) in [6.07, 6.45) is 4.74. The number of nitrogens with one attached hydrogen (secondary N) is 2. The van der Waals surface area contributed by atoms with Gasteiger partial charge in [0.05, 0.1) is 10.4 Å².